The molecule has 1 amide bonds. The summed E-state index contributed by atoms with van der Waals surface area (Å²) in [6.07, 6.45) is 1.25. The van der Waals surface area contributed by atoms with Crippen molar-refractivity contribution in [2.75, 3.05) is 26.0 Å². The summed E-state index contributed by atoms with van der Waals surface area (Å²) in [6, 6.07) is 13.0. The fourth-order valence-electron chi connectivity index (χ4n) is 3.66. The smallest absolute Gasteiger partial charge is 0.339 e. The minimum atomic E-state index is -0.795. The van der Waals surface area contributed by atoms with Crippen molar-refractivity contribution in [1.82, 2.24) is 4.90 Å². The van der Waals surface area contributed by atoms with E-state index in [9.17, 15) is 14.4 Å². The van der Waals surface area contributed by atoms with Crippen molar-refractivity contribution in [3.8, 4) is 0 Å². The van der Waals surface area contributed by atoms with Crippen LogP contribution < -0.4 is 5.32 Å². The van der Waals surface area contributed by atoms with Crippen LogP contribution in [0.15, 0.2) is 42.5 Å². The highest BCUT2D eigenvalue weighted by Crippen LogP contribution is 2.42. The van der Waals surface area contributed by atoms with E-state index in [4.69, 9.17) is 9.47 Å². The lowest BCUT2D eigenvalue weighted by Gasteiger charge is -2.27. The van der Waals surface area contributed by atoms with Gasteiger partial charge in [0.1, 0.15) is 12.1 Å². The molecule has 7 nitrogen and oxygen atoms in total. The third-order valence-electron chi connectivity index (χ3n) is 5.61. The average molecular weight is 424 g/mol. The van der Waals surface area contributed by atoms with Crippen LogP contribution in [0.5, 0.6) is 0 Å². The molecule has 2 aromatic rings. The van der Waals surface area contributed by atoms with Gasteiger partial charge in [0.15, 0.2) is 0 Å². The second-order valence-corrected chi connectivity index (χ2v) is 7.98. The normalized spacial score (nSPS) is 14.1. The van der Waals surface area contributed by atoms with Gasteiger partial charge in [-0.1, -0.05) is 36.4 Å². The van der Waals surface area contributed by atoms with Crippen molar-refractivity contribution >= 4 is 23.5 Å². The largest absolute Gasteiger partial charge is 0.465 e. The van der Waals surface area contributed by atoms with Crippen LogP contribution in [0.3, 0.4) is 0 Å². The van der Waals surface area contributed by atoms with E-state index in [1.165, 1.54) is 7.11 Å². The summed E-state index contributed by atoms with van der Waals surface area (Å²) >= 11 is 0. The van der Waals surface area contributed by atoms with Gasteiger partial charge in [-0.15, -0.1) is 0 Å². The summed E-state index contributed by atoms with van der Waals surface area (Å²) < 4.78 is 10.2. The molecule has 0 aliphatic heterocycles. The van der Waals surface area contributed by atoms with E-state index in [0.717, 1.165) is 16.7 Å². The van der Waals surface area contributed by atoms with E-state index >= 15 is 0 Å². The van der Waals surface area contributed by atoms with Crippen molar-refractivity contribution < 1.29 is 23.9 Å². The van der Waals surface area contributed by atoms with Crippen LogP contribution >= 0.6 is 0 Å². The van der Waals surface area contributed by atoms with E-state index in [0.29, 0.717) is 24.1 Å². The Hall–Kier alpha value is -3.19. The SMILES string of the molecule is COC(=O)c1cc(C)cc(C)c1NC(=O)C1(N(C)CC(=O)OCc2ccccc2)CC1. The number of nitrogens with one attached hydrogen (secondary N) is 1. The number of carbonyl (C=O) groups is 3. The first-order valence-corrected chi connectivity index (χ1v) is 10.2. The maximum atomic E-state index is 13.1. The molecule has 0 aromatic heterocycles. The Balaban J connectivity index is 1.66. The van der Waals surface area contributed by atoms with Crippen molar-refractivity contribution in [2.24, 2.45) is 0 Å². The molecule has 7 heteroatoms. The van der Waals surface area contributed by atoms with E-state index in [1.807, 2.05) is 50.2 Å². The minimum absolute atomic E-state index is 0.00298. The number of methoxy groups -OCH3 is 1. The molecule has 1 N–H and O–H groups in total. The topological polar surface area (TPSA) is 84.9 Å². The zero-order valence-electron chi connectivity index (χ0n) is 18.4. The van der Waals surface area contributed by atoms with Gasteiger partial charge in [0, 0.05) is 0 Å². The summed E-state index contributed by atoms with van der Waals surface area (Å²) in [7, 11) is 3.04. The highest BCUT2D eigenvalue weighted by Gasteiger charge is 2.54. The number of aryl methyl sites for hydroxylation is 2. The van der Waals surface area contributed by atoms with Gasteiger partial charge in [0.05, 0.1) is 24.9 Å². The van der Waals surface area contributed by atoms with E-state index in [-0.39, 0.29) is 19.1 Å². The average Bonchev–Trinajstić information content (AvgIpc) is 3.56. The molecule has 1 fully saturated rings. The van der Waals surface area contributed by atoms with Crippen molar-refractivity contribution in [1.29, 1.82) is 0 Å². The number of nitrogens with zero attached hydrogens (tertiary/aromatic N) is 1. The molecule has 2 aromatic carbocycles. The lowest BCUT2D eigenvalue weighted by Crippen LogP contribution is -2.46. The van der Waals surface area contributed by atoms with Gasteiger partial charge < -0.3 is 14.8 Å². The number of rotatable bonds is 8. The van der Waals surface area contributed by atoms with Gasteiger partial charge in [-0.2, -0.15) is 0 Å². The predicted molar refractivity (Wildman–Crippen MR) is 117 cm³/mol. The molecule has 1 aliphatic rings. The van der Waals surface area contributed by atoms with Gasteiger partial charge in [-0.25, -0.2) is 4.79 Å². The molecular formula is C24H28N2O5. The molecule has 1 saturated carbocycles. The highest BCUT2D eigenvalue weighted by molar-refractivity contribution is 6.06. The van der Waals surface area contributed by atoms with Crippen molar-refractivity contribution in [3.05, 3.63) is 64.7 Å². The second-order valence-electron chi connectivity index (χ2n) is 7.98. The number of anilines is 1. The van der Waals surface area contributed by atoms with Gasteiger partial charge in [-0.05, 0) is 56.5 Å². The van der Waals surface area contributed by atoms with Gasteiger partial charge in [0.2, 0.25) is 5.91 Å². The Labute approximate surface area is 182 Å². The number of carbonyl (C=O) groups excluding carboxylic acids is 3. The maximum absolute atomic E-state index is 13.1. The Morgan fingerprint density at radius 3 is 2.39 bits per heavy atom. The molecule has 0 bridgehead atoms. The van der Waals surface area contributed by atoms with Crippen LogP contribution in [0.25, 0.3) is 0 Å². The molecule has 0 heterocycles. The third kappa shape index (κ3) is 5.11. The summed E-state index contributed by atoms with van der Waals surface area (Å²) in [5.74, 6) is -1.15. The molecule has 0 radical (unpaired) electrons. The van der Waals surface area contributed by atoms with Crippen molar-refractivity contribution in [3.63, 3.8) is 0 Å². The Morgan fingerprint density at radius 1 is 1.10 bits per heavy atom. The monoisotopic (exact) mass is 424 g/mol. The number of ether oxygens (including phenoxy) is 2. The molecule has 164 valence electrons. The van der Waals surface area contributed by atoms with Gasteiger partial charge in [-0.3, -0.25) is 14.5 Å². The van der Waals surface area contributed by atoms with Crippen LogP contribution in [0, 0.1) is 13.8 Å². The van der Waals surface area contributed by atoms with Crippen LogP contribution in [0.4, 0.5) is 5.69 Å². The molecule has 0 saturated heterocycles. The molecule has 0 unspecified atom stereocenters. The first kappa shape index (κ1) is 22.5. The zero-order valence-corrected chi connectivity index (χ0v) is 18.4. The number of hydrogen-bond acceptors (Lipinski definition) is 6. The van der Waals surface area contributed by atoms with Crippen LogP contribution in [0.1, 0.15) is 39.9 Å². The first-order chi connectivity index (χ1) is 14.8. The number of benzene rings is 2. The summed E-state index contributed by atoms with van der Waals surface area (Å²) in [6.45, 7) is 3.90. The van der Waals surface area contributed by atoms with Crippen LogP contribution in [-0.4, -0.2) is 49.0 Å². The minimum Gasteiger partial charge on any atom is -0.465 e. The second kappa shape index (κ2) is 9.31. The van der Waals surface area contributed by atoms with Crippen LogP contribution in [0.2, 0.25) is 0 Å². The Kier molecular flexibility index (Phi) is 6.75. The molecule has 0 atom stereocenters. The van der Waals surface area contributed by atoms with Gasteiger partial charge in [0.25, 0.3) is 0 Å². The maximum Gasteiger partial charge on any atom is 0.339 e. The number of amides is 1. The summed E-state index contributed by atoms with van der Waals surface area (Å²) in [4.78, 5) is 39.4. The number of esters is 2. The number of likely N-dealkylation sites (N-methyl/N-ethyl adjacent to an activating group) is 1. The summed E-state index contributed by atoms with van der Waals surface area (Å²) in [5.41, 5.74) is 2.53. The van der Waals surface area contributed by atoms with Crippen LogP contribution in [-0.2, 0) is 25.7 Å². The fraction of sp³-hybridized carbons (Fsp3) is 0.375. The first-order valence-electron chi connectivity index (χ1n) is 10.2. The fourth-order valence-corrected chi connectivity index (χ4v) is 3.66. The van der Waals surface area contributed by atoms with E-state index in [2.05, 4.69) is 5.32 Å². The quantitative estimate of drug-likeness (QED) is 0.655. The Morgan fingerprint density at radius 2 is 1.77 bits per heavy atom. The lowest BCUT2D eigenvalue weighted by molar-refractivity contribution is -0.147. The highest BCUT2D eigenvalue weighted by atomic mass is 16.5. The zero-order chi connectivity index (χ0) is 22.6. The molecule has 3 rings (SSSR count). The lowest BCUT2D eigenvalue weighted by atomic mass is 10.0. The molecular weight excluding hydrogens is 396 g/mol. The predicted octanol–water partition coefficient (Wildman–Crippen LogP) is 3.24. The van der Waals surface area contributed by atoms with E-state index < -0.39 is 17.5 Å². The van der Waals surface area contributed by atoms with Gasteiger partial charge >= 0.3 is 11.9 Å². The van der Waals surface area contributed by atoms with Crippen molar-refractivity contribution in [2.45, 2.75) is 38.8 Å². The summed E-state index contributed by atoms with van der Waals surface area (Å²) in [5, 5.41) is 2.90. The Bertz CT molecular complexity index is 983. The number of hydrogen-bond donors (Lipinski definition) is 1. The molecule has 1 aliphatic carbocycles. The third-order valence-corrected chi connectivity index (χ3v) is 5.61. The standard InChI is InChI=1S/C24H28N2O5/c1-16-12-17(2)21(19(13-16)22(28)30-4)25-23(29)24(10-11-24)26(3)14-20(27)31-15-18-8-6-5-7-9-18/h5-9,12-13H,10-11,14-15H2,1-4H3,(H,25,29). The molecule has 31 heavy (non-hydrogen) atoms. The molecule has 0 spiro atoms. The van der Waals surface area contributed by atoms with E-state index in [1.54, 1.807) is 18.0 Å².